The Labute approximate surface area is 139 Å². The lowest BCUT2D eigenvalue weighted by Gasteiger charge is -2.17. The quantitative estimate of drug-likeness (QED) is 0.881. The van der Waals surface area contributed by atoms with Crippen LogP contribution in [0.4, 0.5) is 18.9 Å². The van der Waals surface area contributed by atoms with Gasteiger partial charge in [0.25, 0.3) is 0 Å². The van der Waals surface area contributed by atoms with Crippen molar-refractivity contribution in [2.24, 2.45) is 0 Å². The summed E-state index contributed by atoms with van der Waals surface area (Å²) in [7, 11) is 0. The Morgan fingerprint density at radius 3 is 2.83 bits per heavy atom. The number of aromatic nitrogens is 3. The Balaban J connectivity index is 2.09. The summed E-state index contributed by atoms with van der Waals surface area (Å²) in [4.78, 5) is 15.7. The van der Waals surface area contributed by atoms with E-state index in [-0.39, 0.29) is 10.8 Å². The summed E-state index contributed by atoms with van der Waals surface area (Å²) in [6, 6.07) is 3.41. The lowest BCUT2D eigenvalue weighted by molar-refractivity contribution is -0.137. The molecule has 0 saturated carbocycles. The second-order valence-electron chi connectivity index (χ2n) is 4.51. The first-order valence-electron chi connectivity index (χ1n) is 6.36. The zero-order chi connectivity index (χ0) is 17.0. The third-order valence-corrected chi connectivity index (χ3v) is 4.16. The number of anilines is 1. The number of pyridine rings is 1. The van der Waals surface area contributed by atoms with Crippen LogP contribution in [0.25, 0.3) is 5.69 Å². The highest BCUT2D eigenvalue weighted by molar-refractivity contribution is 7.99. The van der Waals surface area contributed by atoms with E-state index < -0.39 is 23.8 Å². The van der Waals surface area contributed by atoms with Crippen LogP contribution in [0, 0.1) is 0 Å². The number of hydrogen-bond donors (Lipinski definition) is 1. The molecule has 124 valence electrons. The van der Waals surface area contributed by atoms with E-state index in [1.54, 1.807) is 18.3 Å². The molecule has 0 fully saturated rings. The minimum Gasteiger partial charge on any atom is -0.322 e. The SMILES string of the molecule is CSC(CC(=O)Nc1cn(-c2cccnc2)nc1Cl)C(F)(F)F. The highest BCUT2D eigenvalue weighted by Crippen LogP contribution is 2.32. The van der Waals surface area contributed by atoms with Crippen molar-refractivity contribution in [3.05, 3.63) is 35.9 Å². The zero-order valence-electron chi connectivity index (χ0n) is 11.8. The summed E-state index contributed by atoms with van der Waals surface area (Å²) in [6.45, 7) is 0. The van der Waals surface area contributed by atoms with Gasteiger partial charge in [-0.3, -0.25) is 9.78 Å². The van der Waals surface area contributed by atoms with E-state index in [1.165, 1.54) is 23.3 Å². The molecule has 2 heterocycles. The molecular formula is C13H12ClF3N4OS. The minimum absolute atomic E-state index is 0.0186. The molecule has 2 aromatic rings. The second kappa shape index (κ2) is 7.22. The number of carbonyl (C=O) groups excluding carboxylic acids is 1. The van der Waals surface area contributed by atoms with Gasteiger partial charge in [0.05, 0.1) is 23.8 Å². The lowest BCUT2D eigenvalue weighted by atomic mass is 10.3. The molecular weight excluding hydrogens is 353 g/mol. The summed E-state index contributed by atoms with van der Waals surface area (Å²) in [6.07, 6.45) is 0.691. The van der Waals surface area contributed by atoms with Crippen molar-refractivity contribution in [2.75, 3.05) is 11.6 Å². The predicted molar refractivity (Wildman–Crippen MR) is 83.0 cm³/mol. The normalized spacial score (nSPS) is 12.9. The Hall–Kier alpha value is -1.74. The first-order valence-corrected chi connectivity index (χ1v) is 8.02. The van der Waals surface area contributed by atoms with Gasteiger partial charge in [-0.15, -0.1) is 0 Å². The van der Waals surface area contributed by atoms with Gasteiger partial charge in [-0.25, -0.2) is 4.68 Å². The molecule has 5 nitrogen and oxygen atoms in total. The summed E-state index contributed by atoms with van der Waals surface area (Å²) in [5.74, 6) is -0.783. The third-order valence-electron chi connectivity index (χ3n) is 2.87. The zero-order valence-corrected chi connectivity index (χ0v) is 13.4. The number of hydrogen-bond acceptors (Lipinski definition) is 4. The number of nitrogens with zero attached hydrogens (tertiary/aromatic N) is 3. The van der Waals surface area contributed by atoms with E-state index in [0.29, 0.717) is 17.4 Å². The number of amides is 1. The number of halogens is 4. The maximum absolute atomic E-state index is 12.7. The number of thioether (sulfide) groups is 1. The molecule has 0 radical (unpaired) electrons. The molecule has 0 saturated heterocycles. The van der Waals surface area contributed by atoms with E-state index in [2.05, 4.69) is 15.4 Å². The molecule has 0 aliphatic carbocycles. The molecule has 10 heteroatoms. The van der Waals surface area contributed by atoms with Crippen LogP contribution in [0.1, 0.15) is 6.42 Å². The van der Waals surface area contributed by atoms with E-state index in [1.807, 2.05) is 0 Å². The maximum Gasteiger partial charge on any atom is 0.401 e. The molecule has 0 aliphatic rings. The van der Waals surface area contributed by atoms with Crippen molar-refractivity contribution in [3.63, 3.8) is 0 Å². The van der Waals surface area contributed by atoms with Gasteiger partial charge in [0, 0.05) is 12.6 Å². The largest absolute Gasteiger partial charge is 0.401 e. The molecule has 0 bridgehead atoms. The van der Waals surface area contributed by atoms with Crippen molar-refractivity contribution in [2.45, 2.75) is 17.8 Å². The molecule has 0 spiro atoms. The van der Waals surface area contributed by atoms with E-state index in [9.17, 15) is 18.0 Å². The van der Waals surface area contributed by atoms with Crippen LogP contribution in [0.3, 0.4) is 0 Å². The molecule has 0 aliphatic heterocycles. The molecule has 2 aromatic heterocycles. The minimum atomic E-state index is -4.44. The fourth-order valence-electron chi connectivity index (χ4n) is 1.76. The Morgan fingerprint density at radius 2 is 2.26 bits per heavy atom. The monoisotopic (exact) mass is 364 g/mol. The van der Waals surface area contributed by atoms with Gasteiger partial charge in [-0.1, -0.05) is 11.6 Å². The summed E-state index contributed by atoms with van der Waals surface area (Å²) in [5.41, 5.74) is 0.745. The van der Waals surface area contributed by atoms with Crippen molar-refractivity contribution < 1.29 is 18.0 Å². The number of alkyl halides is 3. The first kappa shape index (κ1) is 17.6. The predicted octanol–water partition coefficient (Wildman–Crippen LogP) is 3.54. The summed E-state index contributed by atoms with van der Waals surface area (Å²) < 4.78 is 39.4. The van der Waals surface area contributed by atoms with Crippen molar-refractivity contribution in [3.8, 4) is 5.69 Å². The number of rotatable bonds is 5. The van der Waals surface area contributed by atoms with Gasteiger partial charge in [0.1, 0.15) is 5.25 Å². The maximum atomic E-state index is 12.7. The summed E-state index contributed by atoms with van der Waals surface area (Å²) in [5, 5.41) is 4.54. The number of carbonyl (C=O) groups is 1. The average molecular weight is 365 g/mol. The molecule has 2 rings (SSSR count). The molecule has 1 amide bonds. The van der Waals surface area contributed by atoms with Gasteiger partial charge in [-0.2, -0.15) is 30.0 Å². The average Bonchev–Trinajstić information content (AvgIpc) is 2.85. The van der Waals surface area contributed by atoms with Gasteiger partial charge < -0.3 is 5.32 Å². The van der Waals surface area contributed by atoms with Crippen LogP contribution < -0.4 is 5.32 Å². The molecule has 1 atom stereocenters. The van der Waals surface area contributed by atoms with Crippen LogP contribution >= 0.6 is 23.4 Å². The van der Waals surface area contributed by atoms with Crippen LogP contribution in [-0.2, 0) is 4.79 Å². The van der Waals surface area contributed by atoms with Crippen LogP contribution in [0.5, 0.6) is 0 Å². The standard InChI is InChI=1S/C13H12ClF3N4OS/c1-23-10(13(15,16)17)5-11(22)19-9-7-21(20-12(9)14)8-3-2-4-18-6-8/h2-4,6-7,10H,5H2,1H3,(H,19,22). The summed E-state index contributed by atoms with van der Waals surface area (Å²) >= 11 is 6.48. The Kier molecular flexibility index (Phi) is 5.53. The lowest BCUT2D eigenvalue weighted by Crippen LogP contribution is -2.30. The van der Waals surface area contributed by atoms with Crippen LogP contribution in [-0.4, -0.2) is 38.4 Å². The molecule has 1 N–H and O–H groups in total. The second-order valence-corrected chi connectivity index (χ2v) is 5.91. The highest BCUT2D eigenvalue weighted by Gasteiger charge is 2.40. The van der Waals surface area contributed by atoms with E-state index in [0.717, 1.165) is 0 Å². The number of nitrogens with one attached hydrogen (secondary N) is 1. The topological polar surface area (TPSA) is 59.8 Å². The fourth-order valence-corrected chi connectivity index (χ4v) is 2.52. The third kappa shape index (κ3) is 4.61. The van der Waals surface area contributed by atoms with Crippen molar-refractivity contribution in [1.29, 1.82) is 0 Å². The fraction of sp³-hybridized carbons (Fsp3) is 0.308. The Morgan fingerprint density at radius 1 is 1.52 bits per heavy atom. The smallest absolute Gasteiger partial charge is 0.322 e. The van der Waals surface area contributed by atoms with Crippen LogP contribution in [0.2, 0.25) is 5.15 Å². The molecule has 23 heavy (non-hydrogen) atoms. The van der Waals surface area contributed by atoms with Gasteiger partial charge in [0.2, 0.25) is 5.91 Å². The van der Waals surface area contributed by atoms with Crippen molar-refractivity contribution in [1.82, 2.24) is 14.8 Å². The Bertz CT molecular complexity index is 678. The first-order chi connectivity index (χ1) is 10.8. The molecule has 1 unspecified atom stereocenters. The van der Waals surface area contributed by atoms with Gasteiger partial charge in [-0.05, 0) is 18.4 Å². The van der Waals surface area contributed by atoms with E-state index in [4.69, 9.17) is 11.6 Å². The van der Waals surface area contributed by atoms with Crippen molar-refractivity contribution >= 4 is 35.0 Å². The van der Waals surface area contributed by atoms with Crippen LogP contribution in [0.15, 0.2) is 30.7 Å². The highest BCUT2D eigenvalue weighted by atomic mass is 35.5. The van der Waals surface area contributed by atoms with Gasteiger partial charge in [0.15, 0.2) is 5.15 Å². The molecule has 0 aromatic carbocycles. The van der Waals surface area contributed by atoms with Gasteiger partial charge >= 0.3 is 6.18 Å². The van der Waals surface area contributed by atoms with E-state index >= 15 is 0 Å².